The minimum Gasteiger partial charge on any atom is -0.480 e. The number of aliphatic hydroxyl groups is 2. The van der Waals surface area contributed by atoms with Crippen LogP contribution in [0.15, 0.2) is 54.7 Å². The van der Waals surface area contributed by atoms with Crippen LogP contribution in [0.5, 0.6) is 0 Å². The van der Waals surface area contributed by atoms with Gasteiger partial charge in [0.1, 0.15) is 42.2 Å². The number of carbonyl (C=O) groups is 3. The number of hydrogen-bond acceptors (Lipinski definition) is 16. The number of anilines is 1. The van der Waals surface area contributed by atoms with E-state index in [0.717, 1.165) is 0 Å². The second-order valence-corrected chi connectivity index (χ2v) is 16.2. The molecule has 0 radical (unpaired) electrons. The summed E-state index contributed by atoms with van der Waals surface area (Å²) in [5.41, 5.74) is 15.7. The summed E-state index contributed by atoms with van der Waals surface area (Å²) in [7, 11) is -0.522. The third-order valence-electron chi connectivity index (χ3n) is 9.29. The second-order valence-electron chi connectivity index (χ2n) is 14.0. The number of hydrogen-bond donors (Lipinski definition) is 8. The first-order valence-corrected chi connectivity index (χ1v) is 22.1. The van der Waals surface area contributed by atoms with Gasteiger partial charge in [-0.25, -0.2) is 20.4 Å². The molecule has 2 amide bonds. The highest BCUT2D eigenvalue weighted by Gasteiger charge is 2.47. The molecule has 20 nitrogen and oxygen atoms in total. The monoisotopic (exact) mass is 883 g/mol. The van der Waals surface area contributed by atoms with E-state index in [1.54, 1.807) is 34.9 Å². The predicted octanol–water partition coefficient (Wildman–Crippen LogP) is -0.0839. The molecular formula is C41H59N10O10S+. The van der Waals surface area contributed by atoms with Crippen LogP contribution in [0.2, 0.25) is 0 Å². The predicted molar refractivity (Wildman–Crippen MR) is 234 cm³/mol. The molecule has 3 aromatic rings. The Morgan fingerprint density at radius 2 is 1.76 bits per heavy atom. The van der Waals surface area contributed by atoms with Crippen molar-refractivity contribution in [2.24, 2.45) is 16.6 Å². The number of aliphatic carboxylic acids is 1. The van der Waals surface area contributed by atoms with Gasteiger partial charge in [0.05, 0.1) is 52.2 Å². The van der Waals surface area contributed by atoms with Gasteiger partial charge in [-0.3, -0.25) is 19.0 Å². The van der Waals surface area contributed by atoms with Crippen molar-refractivity contribution in [2.75, 3.05) is 81.9 Å². The highest BCUT2D eigenvalue weighted by atomic mass is 32.2. The fourth-order valence-electron chi connectivity index (χ4n) is 5.96. The van der Waals surface area contributed by atoms with E-state index >= 15 is 0 Å². The number of benzene rings is 1. The summed E-state index contributed by atoms with van der Waals surface area (Å²) < 4.78 is 23.8. The summed E-state index contributed by atoms with van der Waals surface area (Å²) in [5.74, 6) is 6.39. The van der Waals surface area contributed by atoms with Crippen molar-refractivity contribution in [3.63, 3.8) is 0 Å². The van der Waals surface area contributed by atoms with E-state index in [-0.39, 0.29) is 24.7 Å². The van der Waals surface area contributed by atoms with Crippen LogP contribution >= 0.6 is 0 Å². The zero-order chi connectivity index (χ0) is 44.5. The van der Waals surface area contributed by atoms with E-state index in [1.807, 2.05) is 0 Å². The molecule has 0 aliphatic carbocycles. The van der Waals surface area contributed by atoms with Crippen LogP contribution in [0.3, 0.4) is 0 Å². The van der Waals surface area contributed by atoms with Gasteiger partial charge in [0.2, 0.25) is 5.91 Å². The molecule has 21 heteroatoms. The number of unbranched alkanes of at least 4 members (excludes halogenated alkanes) is 2. The summed E-state index contributed by atoms with van der Waals surface area (Å²) in [6.07, 6.45) is 4.03. The maximum atomic E-state index is 12.4. The Bertz CT molecular complexity index is 1940. The molecule has 4 rings (SSSR count). The first-order chi connectivity index (χ1) is 30.1. The average molecular weight is 884 g/mol. The molecule has 2 aromatic heterocycles. The number of carboxylic acid groups (broad SMARTS) is 1. The van der Waals surface area contributed by atoms with E-state index < -0.39 is 47.4 Å². The minimum absolute atomic E-state index is 0.209. The van der Waals surface area contributed by atoms with Gasteiger partial charge >= 0.3 is 5.97 Å². The van der Waals surface area contributed by atoms with E-state index in [4.69, 9.17) is 30.4 Å². The number of rotatable bonds is 29. The summed E-state index contributed by atoms with van der Waals surface area (Å²) in [5, 5.41) is 41.3. The number of nitrogens with two attached hydrogens (primary N) is 2. The number of hydrazone groups is 1. The Kier molecular flexibility index (Phi) is 22.3. The number of carbonyl (C=O) groups excluding carboxylic acids is 2. The molecule has 1 saturated heterocycles. The largest absolute Gasteiger partial charge is 0.480 e. The fraction of sp³-hybridized carbons (Fsp3) is 0.537. The number of nitrogens with one attached hydrogen (secondary N) is 3. The number of ether oxygens (including phenoxy) is 4. The van der Waals surface area contributed by atoms with Crippen LogP contribution in [0, 0.1) is 11.8 Å². The summed E-state index contributed by atoms with van der Waals surface area (Å²) >= 11 is 0. The zero-order valence-electron chi connectivity index (χ0n) is 34.7. The van der Waals surface area contributed by atoms with Crippen molar-refractivity contribution < 1.29 is 48.7 Å². The summed E-state index contributed by atoms with van der Waals surface area (Å²) in [4.78, 5) is 49.1. The Hall–Kier alpha value is -5.02. The smallest absolute Gasteiger partial charge is 0.320 e. The lowest BCUT2D eigenvalue weighted by Gasteiger charge is -2.16. The van der Waals surface area contributed by atoms with Crippen molar-refractivity contribution in [2.45, 2.75) is 62.7 Å². The molecule has 10 N–H and O–H groups in total. The molecule has 1 aliphatic rings. The van der Waals surface area contributed by atoms with Crippen LogP contribution in [0.4, 0.5) is 5.82 Å². The van der Waals surface area contributed by atoms with Crippen LogP contribution in [-0.4, -0.2) is 160 Å². The highest BCUT2D eigenvalue weighted by molar-refractivity contribution is 7.97. The average Bonchev–Trinajstić information content (AvgIpc) is 3.82. The minimum atomic E-state index is -1.28. The van der Waals surface area contributed by atoms with Crippen molar-refractivity contribution in [1.82, 2.24) is 30.3 Å². The normalized spacial score (nSPS) is 18.3. The van der Waals surface area contributed by atoms with Crippen LogP contribution in [0.25, 0.3) is 11.2 Å². The molecule has 6 atom stereocenters. The number of aliphatic hydroxyl groups excluding tert-OH is 2. The maximum absolute atomic E-state index is 12.4. The SMILES string of the molecule is C=CCNc1ncnc2c1ncn2C1OC(C[S+](CC#CCCCCC(=O)N/N=C\c2ccc(C(=O)NCCOCCOCCOCCN)cc2)CCC(N)C(=O)O)C(O)C1O. The van der Waals surface area contributed by atoms with Gasteiger partial charge in [-0.2, -0.15) is 5.10 Å². The van der Waals surface area contributed by atoms with Gasteiger partial charge in [-0.15, -0.1) is 6.58 Å². The summed E-state index contributed by atoms with van der Waals surface area (Å²) in [6, 6.07) is 5.73. The summed E-state index contributed by atoms with van der Waals surface area (Å²) in [6.45, 7) is 7.63. The molecule has 1 aromatic carbocycles. The van der Waals surface area contributed by atoms with Crippen LogP contribution in [-0.2, 0) is 39.4 Å². The Balaban J connectivity index is 1.15. The lowest BCUT2D eigenvalue weighted by atomic mass is 10.1. The molecule has 6 unspecified atom stereocenters. The topological polar surface area (TPSA) is 293 Å². The zero-order valence-corrected chi connectivity index (χ0v) is 35.5. The Morgan fingerprint density at radius 3 is 2.48 bits per heavy atom. The van der Waals surface area contributed by atoms with E-state index in [2.05, 4.69) is 54.5 Å². The lowest BCUT2D eigenvalue weighted by Crippen LogP contribution is -2.38. The number of fused-ring (bicyclic) bond motifs is 1. The van der Waals surface area contributed by atoms with Gasteiger partial charge in [0.25, 0.3) is 5.91 Å². The van der Waals surface area contributed by atoms with Crippen molar-refractivity contribution >= 4 is 51.9 Å². The quantitative estimate of drug-likeness (QED) is 0.0113. The highest BCUT2D eigenvalue weighted by Crippen LogP contribution is 2.33. The molecule has 62 heavy (non-hydrogen) atoms. The molecule has 3 heterocycles. The third-order valence-corrected chi connectivity index (χ3v) is 11.5. The fourth-order valence-corrected chi connectivity index (χ4v) is 8.02. The van der Waals surface area contributed by atoms with Gasteiger partial charge in [0.15, 0.2) is 29.0 Å². The van der Waals surface area contributed by atoms with Crippen LogP contribution in [0.1, 0.15) is 54.3 Å². The molecule has 338 valence electrons. The number of carboxylic acids is 1. The van der Waals surface area contributed by atoms with Crippen molar-refractivity contribution in [3.8, 4) is 11.8 Å². The van der Waals surface area contributed by atoms with Gasteiger partial charge in [-0.1, -0.05) is 24.1 Å². The number of imidazole rings is 1. The molecular weight excluding hydrogens is 825 g/mol. The molecule has 0 saturated carbocycles. The van der Waals surface area contributed by atoms with Crippen molar-refractivity contribution in [1.29, 1.82) is 0 Å². The third kappa shape index (κ3) is 16.7. The number of amides is 2. The maximum Gasteiger partial charge on any atom is 0.320 e. The van der Waals surface area contributed by atoms with E-state index in [1.165, 1.54) is 18.9 Å². The van der Waals surface area contributed by atoms with E-state index in [9.17, 15) is 29.7 Å². The Morgan fingerprint density at radius 1 is 1.02 bits per heavy atom. The first kappa shape index (κ1) is 49.6. The van der Waals surface area contributed by atoms with Crippen molar-refractivity contribution in [3.05, 3.63) is 60.7 Å². The van der Waals surface area contributed by atoms with Gasteiger partial charge in [-0.05, 0) is 36.5 Å². The van der Waals surface area contributed by atoms with Crippen LogP contribution < -0.4 is 27.5 Å². The lowest BCUT2D eigenvalue weighted by molar-refractivity contribution is -0.138. The second kappa shape index (κ2) is 27.8. The van der Waals surface area contributed by atoms with Gasteiger partial charge in [0, 0.05) is 55.4 Å². The van der Waals surface area contributed by atoms with Gasteiger partial charge < -0.3 is 56.4 Å². The number of aromatic nitrogens is 4. The molecule has 1 aliphatic heterocycles. The standard InChI is InChI=1S/C41H58N10O10S/c1-2-15-44-37-34-38(47-27-46-37)51(28-48-34)40-36(54)35(53)32(61-40)26-62(24-13-31(43)41(56)57)23-7-5-3-4-6-8-33(52)50-49-25-29-9-11-30(12-10-29)39(55)45-16-18-59-20-22-60-21-19-58-17-14-42/h2,9-12,25,27-28,31-32,35-36,40,53-54H,1,3-4,6,8,13-24,26,42-43H2,(H3-,44,45,46,47,50,52,55,56,57)/p+1. The number of nitrogens with zero attached hydrogens (tertiary/aromatic N) is 5. The Labute approximate surface area is 363 Å². The molecule has 1 fully saturated rings. The molecule has 0 bridgehead atoms. The van der Waals surface area contributed by atoms with E-state index in [0.29, 0.717) is 124 Å². The first-order valence-electron chi connectivity index (χ1n) is 20.4. The molecule has 0 spiro atoms.